The minimum Gasteiger partial charge on any atom is -0.452 e. The normalized spacial score (nSPS) is 10.6. The third-order valence-corrected chi connectivity index (χ3v) is 3.75. The number of carbonyl (C=O) groups is 2. The van der Waals surface area contributed by atoms with E-state index in [-0.39, 0.29) is 12.5 Å². The zero-order chi connectivity index (χ0) is 15.8. The fourth-order valence-electron chi connectivity index (χ4n) is 1.68. The van der Waals surface area contributed by atoms with E-state index in [0.717, 1.165) is 16.0 Å². The summed E-state index contributed by atoms with van der Waals surface area (Å²) in [5, 5.41) is 4.63. The molecule has 0 aliphatic heterocycles. The van der Waals surface area contributed by atoms with Crippen LogP contribution < -0.4 is 5.32 Å². The lowest BCUT2D eigenvalue weighted by atomic mass is 10.1. The number of ether oxygens (including phenoxy) is 1. The number of hydrogen-bond acceptors (Lipinski definition) is 4. The van der Waals surface area contributed by atoms with Crippen LogP contribution in [-0.4, -0.2) is 18.5 Å². The summed E-state index contributed by atoms with van der Waals surface area (Å²) in [6, 6.07) is 11.6. The molecule has 0 radical (unpaired) electrons. The molecule has 0 atom stereocenters. The van der Waals surface area contributed by atoms with Crippen LogP contribution in [0.3, 0.4) is 0 Å². The van der Waals surface area contributed by atoms with Crippen molar-refractivity contribution in [2.24, 2.45) is 0 Å². The minimum absolute atomic E-state index is 0.275. The third-order valence-electron chi connectivity index (χ3n) is 2.87. The molecule has 0 aliphatic carbocycles. The van der Waals surface area contributed by atoms with Crippen molar-refractivity contribution in [3.63, 3.8) is 0 Å². The first-order valence-corrected chi connectivity index (χ1v) is 7.72. The summed E-state index contributed by atoms with van der Waals surface area (Å²) in [5.41, 5.74) is 2.06. The molecule has 0 saturated heterocycles. The molecule has 0 aliphatic rings. The van der Waals surface area contributed by atoms with Crippen LogP contribution >= 0.6 is 11.3 Å². The molecule has 1 N–H and O–H groups in total. The van der Waals surface area contributed by atoms with Gasteiger partial charge in [0.25, 0.3) is 5.91 Å². The van der Waals surface area contributed by atoms with Crippen LogP contribution in [0, 0.1) is 6.92 Å². The maximum atomic E-state index is 11.5. The Bertz CT molecular complexity index is 645. The molecular weight excluding hydrogens is 298 g/mol. The maximum Gasteiger partial charge on any atom is 0.331 e. The molecule has 0 spiro atoms. The molecule has 22 heavy (non-hydrogen) atoms. The van der Waals surface area contributed by atoms with E-state index >= 15 is 0 Å². The van der Waals surface area contributed by atoms with E-state index in [4.69, 9.17) is 4.74 Å². The van der Waals surface area contributed by atoms with Crippen molar-refractivity contribution < 1.29 is 14.3 Å². The molecule has 0 bridgehead atoms. The second-order valence-electron chi connectivity index (χ2n) is 4.71. The van der Waals surface area contributed by atoms with Gasteiger partial charge in [-0.15, -0.1) is 11.3 Å². The predicted octanol–water partition coefficient (Wildman–Crippen LogP) is 2.93. The summed E-state index contributed by atoms with van der Waals surface area (Å²) in [7, 11) is 0. The Morgan fingerprint density at radius 3 is 2.68 bits per heavy atom. The van der Waals surface area contributed by atoms with Gasteiger partial charge in [-0.1, -0.05) is 35.9 Å². The number of rotatable bonds is 6. The maximum absolute atomic E-state index is 11.5. The second kappa shape index (κ2) is 8.14. The Morgan fingerprint density at radius 1 is 1.23 bits per heavy atom. The van der Waals surface area contributed by atoms with Gasteiger partial charge in [0.15, 0.2) is 6.61 Å². The molecule has 1 aromatic carbocycles. The van der Waals surface area contributed by atoms with Gasteiger partial charge in [-0.25, -0.2) is 4.79 Å². The van der Waals surface area contributed by atoms with Crippen molar-refractivity contribution in [2.75, 3.05) is 6.61 Å². The second-order valence-corrected chi connectivity index (χ2v) is 5.74. The number of esters is 1. The molecule has 2 aromatic rings. The summed E-state index contributed by atoms with van der Waals surface area (Å²) in [5.74, 6) is -0.850. The van der Waals surface area contributed by atoms with Gasteiger partial charge in [-0.05, 0) is 30.0 Å². The van der Waals surface area contributed by atoms with Crippen LogP contribution in [0.2, 0.25) is 0 Å². The predicted molar refractivity (Wildman–Crippen MR) is 87.3 cm³/mol. The van der Waals surface area contributed by atoms with Gasteiger partial charge in [-0.3, -0.25) is 4.79 Å². The molecule has 0 saturated carbocycles. The van der Waals surface area contributed by atoms with Crippen LogP contribution in [0.1, 0.15) is 16.0 Å². The third kappa shape index (κ3) is 5.54. The zero-order valence-electron chi connectivity index (χ0n) is 12.2. The van der Waals surface area contributed by atoms with Crippen molar-refractivity contribution >= 4 is 29.3 Å². The Morgan fingerprint density at radius 2 is 2.00 bits per heavy atom. The number of hydrogen-bond donors (Lipinski definition) is 1. The van der Waals surface area contributed by atoms with Crippen LogP contribution in [0.25, 0.3) is 6.08 Å². The van der Waals surface area contributed by atoms with Gasteiger partial charge < -0.3 is 10.1 Å². The smallest absolute Gasteiger partial charge is 0.331 e. The summed E-state index contributed by atoms with van der Waals surface area (Å²) in [6.07, 6.45) is 2.97. The highest BCUT2D eigenvalue weighted by molar-refractivity contribution is 7.09. The van der Waals surface area contributed by atoms with Gasteiger partial charge >= 0.3 is 5.97 Å². The van der Waals surface area contributed by atoms with Gasteiger partial charge in [-0.2, -0.15) is 0 Å². The van der Waals surface area contributed by atoms with E-state index in [1.807, 2.05) is 48.7 Å². The van der Waals surface area contributed by atoms with Gasteiger partial charge in [0.05, 0.1) is 6.54 Å². The van der Waals surface area contributed by atoms with E-state index in [9.17, 15) is 9.59 Å². The molecule has 0 unspecified atom stereocenters. The molecule has 4 nitrogen and oxygen atoms in total. The molecule has 1 aromatic heterocycles. The summed E-state index contributed by atoms with van der Waals surface area (Å²) in [4.78, 5) is 24.1. The van der Waals surface area contributed by atoms with Crippen molar-refractivity contribution in [3.8, 4) is 0 Å². The van der Waals surface area contributed by atoms with Crippen LogP contribution in [0.4, 0.5) is 0 Å². The highest BCUT2D eigenvalue weighted by Gasteiger charge is 2.05. The number of benzene rings is 1. The highest BCUT2D eigenvalue weighted by Crippen LogP contribution is 2.07. The van der Waals surface area contributed by atoms with Crippen LogP contribution in [0.15, 0.2) is 47.9 Å². The Balaban J connectivity index is 1.70. The lowest BCUT2D eigenvalue weighted by Crippen LogP contribution is -2.27. The molecule has 114 valence electrons. The average Bonchev–Trinajstić information content (AvgIpc) is 3.04. The Hall–Kier alpha value is -2.40. The molecule has 0 fully saturated rings. The lowest BCUT2D eigenvalue weighted by molar-refractivity contribution is -0.143. The highest BCUT2D eigenvalue weighted by atomic mass is 32.1. The molecule has 2 rings (SSSR count). The first kappa shape index (κ1) is 16.0. The SMILES string of the molecule is Cc1ccc(/C=C/C(=O)OCC(=O)NCc2cccs2)cc1. The number of carbonyl (C=O) groups excluding carboxylic acids is 2. The molecule has 1 heterocycles. The van der Waals surface area contributed by atoms with E-state index in [1.165, 1.54) is 6.08 Å². The van der Waals surface area contributed by atoms with Crippen molar-refractivity contribution in [3.05, 3.63) is 63.9 Å². The van der Waals surface area contributed by atoms with Crippen LogP contribution in [-0.2, 0) is 20.9 Å². The van der Waals surface area contributed by atoms with E-state index in [0.29, 0.717) is 6.54 Å². The molecule has 1 amide bonds. The Kier molecular flexibility index (Phi) is 5.91. The number of amides is 1. The standard InChI is InChI=1S/C17H17NO3S/c1-13-4-6-14(7-5-13)8-9-17(20)21-12-16(19)18-11-15-3-2-10-22-15/h2-10H,11-12H2,1H3,(H,18,19)/b9-8+. The topological polar surface area (TPSA) is 55.4 Å². The lowest BCUT2D eigenvalue weighted by Gasteiger charge is -2.03. The van der Waals surface area contributed by atoms with Gasteiger partial charge in [0.1, 0.15) is 0 Å². The largest absolute Gasteiger partial charge is 0.452 e. The van der Waals surface area contributed by atoms with Gasteiger partial charge in [0, 0.05) is 11.0 Å². The summed E-state index contributed by atoms with van der Waals surface area (Å²) >= 11 is 1.56. The van der Waals surface area contributed by atoms with Crippen molar-refractivity contribution in [1.82, 2.24) is 5.32 Å². The Labute approximate surface area is 133 Å². The fourth-order valence-corrected chi connectivity index (χ4v) is 2.32. The van der Waals surface area contributed by atoms with E-state index in [1.54, 1.807) is 17.4 Å². The summed E-state index contributed by atoms with van der Waals surface area (Å²) in [6.45, 7) is 2.17. The van der Waals surface area contributed by atoms with Crippen molar-refractivity contribution in [2.45, 2.75) is 13.5 Å². The van der Waals surface area contributed by atoms with Crippen molar-refractivity contribution in [1.29, 1.82) is 0 Å². The molecular formula is C17H17NO3S. The van der Waals surface area contributed by atoms with E-state index < -0.39 is 5.97 Å². The minimum atomic E-state index is -0.535. The zero-order valence-corrected chi connectivity index (χ0v) is 13.1. The van der Waals surface area contributed by atoms with E-state index in [2.05, 4.69) is 5.32 Å². The van der Waals surface area contributed by atoms with Crippen LogP contribution in [0.5, 0.6) is 0 Å². The summed E-state index contributed by atoms with van der Waals surface area (Å²) < 4.78 is 4.88. The first-order valence-electron chi connectivity index (χ1n) is 6.84. The fraction of sp³-hybridized carbons (Fsp3) is 0.176. The number of nitrogens with one attached hydrogen (secondary N) is 1. The first-order chi connectivity index (χ1) is 10.6. The molecule has 5 heteroatoms. The monoisotopic (exact) mass is 315 g/mol. The average molecular weight is 315 g/mol. The number of aryl methyl sites for hydroxylation is 1. The van der Waals surface area contributed by atoms with Gasteiger partial charge in [0.2, 0.25) is 0 Å². The quantitative estimate of drug-likeness (QED) is 0.659. The number of thiophene rings is 1.